The minimum atomic E-state index is -0.894. The van der Waals surface area contributed by atoms with Gasteiger partial charge in [-0.15, -0.1) is 0 Å². The number of hydrogen-bond donors (Lipinski definition) is 4. The molecule has 5 N–H and O–H groups in total. The molecule has 0 spiro atoms. The third-order valence-corrected chi connectivity index (χ3v) is 2.88. The number of nitrogens with two attached hydrogens (primary N) is 1. The Morgan fingerprint density at radius 1 is 1.19 bits per heavy atom. The first-order chi connectivity index (χ1) is 10.2. The first-order valence-electron chi connectivity index (χ1n) is 6.03. The molecule has 0 unspecified atom stereocenters. The van der Waals surface area contributed by atoms with Gasteiger partial charge in [0, 0.05) is 6.54 Å². The Kier molecular flexibility index (Phi) is 3.32. The van der Waals surface area contributed by atoms with Crippen LogP contribution in [0.1, 0.15) is 5.56 Å². The molecule has 0 radical (unpaired) electrons. The van der Waals surface area contributed by atoms with Crippen LogP contribution in [0.2, 0.25) is 0 Å². The van der Waals surface area contributed by atoms with Crippen LogP contribution in [0.4, 0.5) is 20.5 Å². The van der Waals surface area contributed by atoms with Crippen molar-refractivity contribution in [1.29, 1.82) is 0 Å². The molecule has 0 fully saturated rings. The molecular weight excluding hydrogens is 280 g/mol. The number of rotatable bonds is 4. The van der Waals surface area contributed by atoms with Crippen LogP contribution in [-0.4, -0.2) is 20.2 Å². The Bertz CT molecular complexity index is 786. The maximum Gasteiger partial charge on any atom is 0.241 e. The molecule has 2 heterocycles. The summed E-state index contributed by atoms with van der Waals surface area (Å²) in [5.74, 6) is 4.20. The quantitative estimate of drug-likeness (QED) is 0.429. The third-order valence-electron chi connectivity index (χ3n) is 2.88. The second-order valence-corrected chi connectivity index (χ2v) is 4.27. The van der Waals surface area contributed by atoms with E-state index in [4.69, 9.17) is 5.84 Å². The van der Waals surface area contributed by atoms with Crippen molar-refractivity contribution in [1.82, 2.24) is 20.2 Å². The van der Waals surface area contributed by atoms with Crippen molar-refractivity contribution in [2.24, 2.45) is 5.84 Å². The first-order valence-corrected chi connectivity index (χ1v) is 6.03. The van der Waals surface area contributed by atoms with E-state index < -0.39 is 11.6 Å². The third kappa shape index (κ3) is 2.58. The number of aromatic amines is 1. The molecule has 7 nitrogen and oxygen atoms in total. The lowest BCUT2D eigenvalue weighted by Gasteiger charge is -2.08. The number of hydrazine groups is 1. The molecule has 108 valence electrons. The largest absolute Gasteiger partial charge is 0.365 e. The maximum absolute atomic E-state index is 13.2. The summed E-state index contributed by atoms with van der Waals surface area (Å²) in [5, 5.41) is 10.3. The standard InChI is InChI=1S/C12H11F2N7/c13-8-2-1-6(3-9(8)14)4-16-10-7-5-17-21-11(7)19-12(18-10)20-15/h1-3,5H,4,15H2,(H3,16,17,18,19,20,21). The van der Waals surface area contributed by atoms with E-state index in [2.05, 4.69) is 30.9 Å². The number of halogens is 2. The number of aromatic nitrogens is 4. The molecule has 0 amide bonds. The number of nitrogen functional groups attached to an aromatic ring is 1. The van der Waals surface area contributed by atoms with Gasteiger partial charge in [0.2, 0.25) is 5.95 Å². The van der Waals surface area contributed by atoms with Crippen molar-refractivity contribution in [2.75, 3.05) is 10.7 Å². The van der Waals surface area contributed by atoms with E-state index in [0.717, 1.165) is 12.1 Å². The van der Waals surface area contributed by atoms with Crippen LogP contribution in [0.3, 0.4) is 0 Å². The summed E-state index contributed by atoms with van der Waals surface area (Å²) in [4.78, 5) is 8.24. The lowest BCUT2D eigenvalue weighted by molar-refractivity contribution is 0.507. The number of hydrogen-bond acceptors (Lipinski definition) is 6. The van der Waals surface area contributed by atoms with Crippen molar-refractivity contribution in [3.8, 4) is 0 Å². The fourth-order valence-electron chi connectivity index (χ4n) is 1.87. The molecule has 3 rings (SSSR count). The van der Waals surface area contributed by atoms with Crippen molar-refractivity contribution >= 4 is 22.8 Å². The monoisotopic (exact) mass is 291 g/mol. The molecule has 1 aromatic carbocycles. The Hall–Kier alpha value is -2.81. The molecule has 9 heteroatoms. The Morgan fingerprint density at radius 3 is 2.81 bits per heavy atom. The zero-order valence-electron chi connectivity index (χ0n) is 10.7. The topological polar surface area (TPSA) is 105 Å². The summed E-state index contributed by atoms with van der Waals surface area (Å²) in [5.41, 5.74) is 3.43. The van der Waals surface area contributed by atoms with Gasteiger partial charge < -0.3 is 5.32 Å². The van der Waals surface area contributed by atoms with Crippen LogP contribution in [0.15, 0.2) is 24.4 Å². The van der Waals surface area contributed by atoms with Gasteiger partial charge in [0.1, 0.15) is 5.82 Å². The fourth-order valence-corrected chi connectivity index (χ4v) is 1.87. The SMILES string of the molecule is NNc1nc(NCc2ccc(F)c(F)c2)c2cn[nH]c2n1. The molecule has 0 aliphatic carbocycles. The van der Waals surface area contributed by atoms with Gasteiger partial charge in [-0.3, -0.25) is 10.5 Å². The Balaban J connectivity index is 1.87. The van der Waals surface area contributed by atoms with Crippen LogP contribution >= 0.6 is 0 Å². The lowest BCUT2D eigenvalue weighted by Crippen LogP contribution is -2.12. The van der Waals surface area contributed by atoms with Gasteiger partial charge in [-0.25, -0.2) is 14.6 Å². The molecule has 3 aromatic rings. The molecule has 0 saturated heterocycles. The van der Waals surface area contributed by atoms with E-state index >= 15 is 0 Å². The highest BCUT2D eigenvalue weighted by atomic mass is 19.2. The number of benzene rings is 1. The average Bonchev–Trinajstić information content (AvgIpc) is 2.96. The van der Waals surface area contributed by atoms with Crippen molar-refractivity contribution in [3.05, 3.63) is 41.6 Å². The predicted molar refractivity (Wildman–Crippen MR) is 73.2 cm³/mol. The van der Waals surface area contributed by atoms with Gasteiger partial charge in [-0.1, -0.05) is 6.07 Å². The minimum Gasteiger partial charge on any atom is -0.365 e. The highest BCUT2D eigenvalue weighted by molar-refractivity contribution is 5.86. The zero-order valence-corrected chi connectivity index (χ0v) is 10.7. The van der Waals surface area contributed by atoms with Crippen LogP contribution < -0.4 is 16.6 Å². The smallest absolute Gasteiger partial charge is 0.241 e. The summed E-state index contributed by atoms with van der Waals surface area (Å²) in [6.07, 6.45) is 1.56. The maximum atomic E-state index is 13.2. The summed E-state index contributed by atoms with van der Waals surface area (Å²) >= 11 is 0. The van der Waals surface area contributed by atoms with Crippen molar-refractivity contribution in [3.63, 3.8) is 0 Å². The molecule has 0 aliphatic heterocycles. The van der Waals surface area contributed by atoms with Crippen molar-refractivity contribution < 1.29 is 8.78 Å². The molecule has 21 heavy (non-hydrogen) atoms. The average molecular weight is 291 g/mol. The van der Waals surface area contributed by atoms with Gasteiger partial charge in [0.25, 0.3) is 0 Å². The number of nitrogens with one attached hydrogen (secondary N) is 3. The summed E-state index contributed by atoms with van der Waals surface area (Å²) in [6, 6.07) is 3.69. The minimum absolute atomic E-state index is 0.208. The Labute approximate surface area is 117 Å². The molecule has 2 aromatic heterocycles. The van der Waals surface area contributed by atoms with Gasteiger partial charge in [-0.05, 0) is 17.7 Å². The van der Waals surface area contributed by atoms with E-state index in [0.29, 0.717) is 22.4 Å². The summed E-state index contributed by atoms with van der Waals surface area (Å²) < 4.78 is 26.0. The zero-order chi connectivity index (χ0) is 14.8. The normalized spacial score (nSPS) is 10.8. The van der Waals surface area contributed by atoms with Crippen LogP contribution in [0.5, 0.6) is 0 Å². The van der Waals surface area contributed by atoms with Crippen LogP contribution in [0.25, 0.3) is 11.0 Å². The van der Waals surface area contributed by atoms with Crippen molar-refractivity contribution in [2.45, 2.75) is 6.54 Å². The highest BCUT2D eigenvalue weighted by Crippen LogP contribution is 2.20. The molecular formula is C12H11F2N7. The molecule has 0 bridgehead atoms. The molecule has 0 aliphatic rings. The number of anilines is 2. The van der Waals surface area contributed by atoms with Gasteiger partial charge in [0.05, 0.1) is 11.6 Å². The lowest BCUT2D eigenvalue weighted by atomic mass is 10.2. The number of nitrogens with zero attached hydrogens (tertiary/aromatic N) is 3. The first kappa shape index (κ1) is 13.2. The summed E-state index contributed by atoms with van der Waals surface area (Å²) in [7, 11) is 0. The molecule has 0 saturated carbocycles. The highest BCUT2D eigenvalue weighted by Gasteiger charge is 2.09. The predicted octanol–water partition coefficient (Wildman–Crippen LogP) is 1.53. The van der Waals surface area contributed by atoms with Gasteiger partial charge in [-0.2, -0.15) is 15.1 Å². The van der Waals surface area contributed by atoms with E-state index in [1.54, 1.807) is 6.20 Å². The van der Waals surface area contributed by atoms with Gasteiger partial charge >= 0.3 is 0 Å². The number of fused-ring (bicyclic) bond motifs is 1. The van der Waals surface area contributed by atoms with Gasteiger partial charge in [0.15, 0.2) is 17.3 Å². The fraction of sp³-hybridized carbons (Fsp3) is 0.0833. The summed E-state index contributed by atoms with van der Waals surface area (Å²) in [6.45, 7) is 0.262. The Morgan fingerprint density at radius 2 is 2.05 bits per heavy atom. The van der Waals surface area contributed by atoms with Crippen LogP contribution in [-0.2, 0) is 6.54 Å². The second kappa shape index (κ2) is 5.29. The van der Waals surface area contributed by atoms with E-state index in [1.807, 2.05) is 0 Å². The second-order valence-electron chi connectivity index (χ2n) is 4.27. The van der Waals surface area contributed by atoms with Crippen LogP contribution in [0, 0.1) is 11.6 Å². The number of H-pyrrole nitrogens is 1. The van der Waals surface area contributed by atoms with E-state index in [1.165, 1.54) is 6.07 Å². The van der Waals surface area contributed by atoms with E-state index in [-0.39, 0.29) is 12.5 Å². The molecule has 0 atom stereocenters. The van der Waals surface area contributed by atoms with E-state index in [9.17, 15) is 8.78 Å².